The molecule has 0 N–H and O–H groups in total. The maximum atomic E-state index is 12.0. The van der Waals surface area contributed by atoms with E-state index in [0.29, 0.717) is 12.8 Å². The molecule has 0 aliphatic carbocycles. The highest BCUT2D eigenvalue weighted by atomic mass is 79.9. The zero-order valence-corrected chi connectivity index (χ0v) is 8.44. The minimum atomic E-state index is 0.654. The average Bonchev–Trinajstić information content (AvgIpc) is 2.04. The molecule has 0 bridgehead atoms. The smallest absolute Gasteiger partial charge is 0.0859 e. The summed E-state index contributed by atoms with van der Waals surface area (Å²) in [4.78, 5) is 0. The predicted molar refractivity (Wildman–Crippen MR) is 52.7 cm³/mol. The molecule has 12 heavy (non-hydrogen) atoms. The zero-order chi connectivity index (χ0) is 8.97. The monoisotopic (exact) mass is 228 g/mol. The summed E-state index contributed by atoms with van der Waals surface area (Å²) in [5.41, 5.74) is 1.86. The van der Waals surface area contributed by atoms with E-state index >= 15 is 0 Å². The third-order valence-corrected chi connectivity index (χ3v) is 2.05. The van der Waals surface area contributed by atoms with Gasteiger partial charge in [0.2, 0.25) is 0 Å². The van der Waals surface area contributed by atoms with Crippen LogP contribution in [-0.4, -0.2) is 0 Å². The molecule has 0 amide bonds. The van der Waals surface area contributed by atoms with Crippen LogP contribution in [-0.2, 0) is 6.42 Å². The summed E-state index contributed by atoms with van der Waals surface area (Å²) in [5.74, 6) is 0. The van der Waals surface area contributed by atoms with Gasteiger partial charge in [-0.25, -0.2) is 4.39 Å². The van der Waals surface area contributed by atoms with E-state index in [9.17, 15) is 4.39 Å². The van der Waals surface area contributed by atoms with Crippen LogP contribution in [0.25, 0.3) is 0 Å². The second kappa shape index (κ2) is 4.41. The quantitative estimate of drug-likeness (QED) is 0.722. The predicted octanol–water partition coefficient (Wildman–Crippen LogP) is 3.86. The SMILES string of the molecule is C/C(=C/F)Cc1cccc(Br)c1. The van der Waals surface area contributed by atoms with Crippen LogP contribution < -0.4 is 0 Å². The molecule has 0 aromatic heterocycles. The lowest BCUT2D eigenvalue weighted by molar-refractivity contribution is 0.704. The van der Waals surface area contributed by atoms with E-state index in [2.05, 4.69) is 15.9 Å². The summed E-state index contributed by atoms with van der Waals surface area (Å²) in [5, 5.41) is 0. The van der Waals surface area contributed by atoms with Crippen LogP contribution in [0.5, 0.6) is 0 Å². The largest absolute Gasteiger partial charge is 0.216 e. The summed E-state index contributed by atoms with van der Waals surface area (Å²) >= 11 is 3.36. The second-order valence-corrected chi connectivity index (χ2v) is 3.68. The molecule has 0 aliphatic heterocycles. The van der Waals surface area contributed by atoms with Crippen LogP contribution in [0.15, 0.2) is 40.6 Å². The van der Waals surface area contributed by atoms with Gasteiger partial charge in [-0.3, -0.25) is 0 Å². The molecule has 0 radical (unpaired) electrons. The van der Waals surface area contributed by atoms with Gasteiger partial charge in [0.1, 0.15) is 0 Å². The second-order valence-electron chi connectivity index (χ2n) is 2.76. The summed E-state index contributed by atoms with van der Waals surface area (Å²) < 4.78 is 13.0. The number of rotatable bonds is 2. The van der Waals surface area contributed by atoms with Crippen molar-refractivity contribution in [3.8, 4) is 0 Å². The Labute approximate surface area is 80.2 Å². The minimum Gasteiger partial charge on any atom is -0.216 e. The highest BCUT2D eigenvalue weighted by molar-refractivity contribution is 9.10. The van der Waals surface area contributed by atoms with E-state index in [1.165, 1.54) is 0 Å². The van der Waals surface area contributed by atoms with E-state index in [1.54, 1.807) is 6.92 Å². The molecular formula is C10H10BrF. The molecule has 0 unspecified atom stereocenters. The molecule has 0 fully saturated rings. The van der Waals surface area contributed by atoms with Gasteiger partial charge in [0.15, 0.2) is 0 Å². The third-order valence-electron chi connectivity index (χ3n) is 1.56. The van der Waals surface area contributed by atoms with Gasteiger partial charge in [-0.15, -0.1) is 0 Å². The first-order valence-electron chi connectivity index (χ1n) is 3.72. The number of hydrogen-bond donors (Lipinski definition) is 0. The fourth-order valence-corrected chi connectivity index (χ4v) is 1.45. The van der Waals surface area contributed by atoms with Gasteiger partial charge >= 0.3 is 0 Å². The Hall–Kier alpha value is -0.630. The first-order chi connectivity index (χ1) is 5.72. The van der Waals surface area contributed by atoms with E-state index in [1.807, 2.05) is 24.3 Å². The maximum Gasteiger partial charge on any atom is 0.0859 e. The van der Waals surface area contributed by atoms with Gasteiger partial charge in [-0.2, -0.15) is 0 Å². The summed E-state index contributed by atoms with van der Waals surface area (Å²) in [6.07, 6.45) is 1.33. The lowest BCUT2D eigenvalue weighted by Crippen LogP contribution is -1.85. The molecule has 0 spiro atoms. The highest BCUT2D eigenvalue weighted by Crippen LogP contribution is 2.14. The van der Waals surface area contributed by atoms with Gasteiger partial charge in [-0.1, -0.05) is 28.1 Å². The molecule has 0 nitrogen and oxygen atoms in total. The Kier molecular flexibility index (Phi) is 3.48. The van der Waals surface area contributed by atoms with Gasteiger partial charge in [0.05, 0.1) is 6.33 Å². The number of hydrogen-bond acceptors (Lipinski definition) is 0. The van der Waals surface area contributed by atoms with E-state index in [0.717, 1.165) is 15.6 Å². The standard InChI is InChI=1S/C10H10BrF/c1-8(7-12)5-9-3-2-4-10(11)6-9/h2-4,6-7H,5H2,1H3/b8-7-. The van der Waals surface area contributed by atoms with Gasteiger partial charge in [0.25, 0.3) is 0 Å². The Morgan fingerprint density at radius 2 is 2.33 bits per heavy atom. The van der Waals surface area contributed by atoms with Crippen molar-refractivity contribution in [2.75, 3.05) is 0 Å². The molecule has 1 aromatic carbocycles. The van der Waals surface area contributed by atoms with Crippen molar-refractivity contribution in [1.29, 1.82) is 0 Å². The Morgan fingerprint density at radius 1 is 1.58 bits per heavy atom. The summed E-state index contributed by atoms with van der Waals surface area (Å²) in [7, 11) is 0. The van der Waals surface area contributed by atoms with Crippen LogP contribution >= 0.6 is 15.9 Å². The zero-order valence-electron chi connectivity index (χ0n) is 6.85. The minimum absolute atomic E-state index is 0.654. The van der Waals surface area contributed by atoms with Crippen LogP contribution in [0.4, 0.5) is 4.39 Å². The molecule has 64 valence electrons. The van der Waals surface area contributed by atoms with Crippen molar-refractivity contribution in [2.24, 2.45) is 0 Å². The molecule has 0 heterocycles. The molecule has 0 saturated carbocycles. The molecule has 1 rings (SSSR count). The lowest BCUT2D eigenvalue weighted by Gasteiger charge is -2.00. The molecular weight excluding hydrogens is 219 g/mol. The van der Waals surface area contributed by atoms with Crippen molar-refractivity contribution in [2.45, 2.75) is 13.3 Å². The van der Waals surface area contributed by atoms with Gasteiger partial charge < -0.3 is 0 Å². The Balaban J connectivity index is 2.76. The number of allylic oxidation sites excluding steroid dienone is 1. The first-order valence-corrected chi connectivity index (χ1v) is 4.52. The van der Waals surface area contributed by atoms with Crippen LogP contribution in [0.1, 0.15) is 12.5 Å². The third kappa shape index (κ3) is 2.78. The van der Waals surface area contributed by atoms with Crippen molar-refractivity contribution < 1.29 is 4.39 Å². The van der Waals surface area contributed by atoms with Crippen molar-refractivity contribution >= 4 is 15.9 Å². The fraction of sp³-hybridized carbons (Fsp3) is 0.200. The Morgan fingerprint density at radius 3 is 2.92 bits per heavy atom. The normalized spacial score (nSPS) is 11.8. The van der Waals surface area contributed by atoms with Gasteiger partial charge in [0, 0.05) is 4.47 Å². The molecule has 0 atom stereocenters. The van der Waals surface area contributed by atoms with E-state index < -0.39 is 0 Å². The average molecular weight is 229 g/mol. The fourth-order valence-electron chi connectivity index (χ4n) is 1.01. The highest BCUT2D eigenvalue weighted by Gasteiger charge is 1.94. The van der Waals surface area contributed by atoms with Crippen LogP contribution in [0, 0.1) is 0 Å². The van der Waals surface area contributed by atoms with E-state index in [4.69, 9.17) is 0 Å². The first kappa shape index (κ1) is 9.46. The number of halogens is 2. The van der Waals surface area contributed by atoms with Crippen molar-refractivity contribution in [3.05, 3.63) is 46.2 Å². The summed E-state index contributed by atoms with van der Waals surface area (Å²) in [6, 6.07) is 7.88. The van der Waals surface area contributed by atoms with Crippen LogP contribution in [0.3, 0.4) is 0 Å². The van der Waals surface area contributed by atoms with Gasteiger partial charge in [-0.05, 0) is 36.6 Å². The van der Waals surface area contributed by atoms with Crippen molar-refractivity contribution in [3.63, 3.8) is 0 Å². The van der Waals surface area contributed by atoms with Crippen LogP contribution in [0.2, 0.25) is 0 Å². The molecule has 0 saturated heterocycles. The number of benzene rings is 1. The lowest BCUT2D eigenvalue weighted by atomic mass is 10.1. The van der Waals surface area contributed by atoms with Crippen molar-refractivity contribution in [1.82, 2.24) is 0 Å². The topological polar surface area (TPSA) is 0 Å². The van der Waals surface area contributed by atoms with E-state index in [-0.39, 0.29) is 0 Å². The maximum absolute atomic E-state index is 12.0. The summed E-state index contributed by atoms with van der Waals surface area (Å²) in [6.45, 7) is 1.78. The molecule has 0 aliphatic rings. The molecule has 2 heteroatoms. The molecule has 1 aromatic rings. The Bertz CT molecular complexity index is 292.